The molecule has 0 spiro atoms. The smallest absolute Gasteiger partial charge is 0.186 e. The summed E-state index contributed by atoms with van der Waals surface area (Å²) in [5, 5.41) is 4.55. The molecular weight excluding hydrogens is 254 g/mol. The summed E-state index contributed by atoms with van der Waals surface area (Å²) in [6, 6.07) is 0.770. The summed E-state index contributed by atoms with van der Waals surface area (Å²) in [4.78, 5) is 8.99. The molecule has 0 radical (unpaired) electrons. The zero-order chi connectivity index (χ0) is 13.6. The van der Waals surface area contributed by atoms with Gasteiger partial charge in [-0.15, -0.1) is 11.3 Å². The molecule has 0 aromatic carbocycles. The van der Waals surface area contributed by atoms with E-state index in [0.29, 0.717) is 0 Å². The van der Waals surface area contributed by atoms with Crippen molar-refractivity contribution < 1.29 is 0 Å². The quantitative estimate of drug-likeness (QED) is 0.921. The van der Waals surface area contributed by atoms with E-state index in [0.717, 1.165) is 18.5 Å². The summed E-state index contributed by atoms with van der Waals surface area (Å²) in [6.45, 7) is 8.97. The summed E-state index contributed by atoms with van der Waals surface area (Å²) in [6.07, 6.45) is 4.20. The van der Waals surface area contributed by atoms with Gasteiger partial charge in [0.2, 0.25) is 0 Å². The van der Waals surface area contributed by atoms with Crippen molar-refractivity contribution in [3.05, 3.63) is 10.6 Å². The van der Waals surface area contributed by atoms with Crippen LogP contribution in [0.1, 0.15) is 50.6 Å². The van der Waals surface area contributed by atoms with Gasteiger partial charge in [-0.1, -0.05) is 20.8 Å². The van der Waals surface area contributed by atoms with Crippen molar-refractivity contribution in [3.63, 3.8) is 0 Å². The average molecular weight is 279 g/mol. The van der Waals surface area contributed by atoms with Crippen molar-refractivity contribution in [2.24, 2.45) is 5.92 Å². The molecule has 4 heteroatoms. The van der Waals surface area contributed by atoms with E-state index < -0.39 is 0 Å². The zero-order valence-electron chi connectivity index (χ0n) is 12.5. The van der Waals surface area contributed by atoms with E-state index in [-0.39, 0.29) is 5.41 Å². The lowest BCUT2D eigenvalue weighted by molar-refractivity contribution is 0.544. The van der Waals surface area contributed by atoms with E-state index in [2.05, 4.69) is 31.0 Å². The lowest BCUT2D eigenvalue weighted by Gasteiger charge is -2.26. The fraction of sp³-hybridized carbons (Fsp3) is 0.800. The highest BCUT2D eigenvalue weighted by atomic mass is 32.1. The fourth-order valence-corrected chi connectivity index (χ4v) is 4.85. The lowest BCUT2D eigenvalue weighted by atomic mass is 9.91. The topological polar surface area (TPSA) is 28.2 Å². The highest BCUT2D eigenvalue weighted by Crippen LogP contribution is 2.43. The van der Waals surface area contributed by atoms with Gasteiger partial charge in [0.25, 0.3) is 0 Å². The van der Waals surface area contributed by atoms with Gasteiger partial charge in [-0.05, 0) is 32.2 Å². The average Bonchev–Trinajstić information content (AvgIpc) is 3.01. The Balaban J connectivity index is 1.90. The fourth-order valence-electron chi connectivity index (χ4n) is 3.49. The minimum absolute atomic E-state index is 0.139. The third-order valence-electron chi connectivity index (χ3n) is 4.39. The van der Waals surface area contributed by atoms with Gasteiger partial charge < -0.3 is 10.2 Å². The Morgan fingerprint density at radius 3 is 2.68 bits per heavy atom. The normalized spacial score (nSPS) is 26.4. The Morgan fingerprint density at radius 1 is 1.37 bits per heavy atom. The number of hydrogen-bond acceptors (Lipinski definition) is 4. The molecule has 2 unspecified atom stereocenters. The van der Waals surface area contributed by atoms with Crippen LogP contribution in [0.4, 0.5) is 5.13 Å². The van der Waals surface area contributed by atoms with Crippen LogP contribution < -0.4 is 10.2 Å². The summed E-state index contributed by atoms with van der Waals surface area (Å²) in [7, 11) is 2.02. The van der Waals surface area contributed by atoms with E-state index in [4.69, 9.17) is 4.98 Å². The Hall–Kier alpha value is -0.610. The monoisotopic (exact) mass is 279 g/mol. The van der Waals surface area contributed by atoms with Crippen molar-refractivity contribution in [3.8, 4) is 0 Å². The van der Waals surface area contributed by atoms with Crippen molar-refractivity contribution >= 4 is 16.5 Å². The van der Waals surface area contributed by atoms with Gasteiger partial charge in [-0.3, -0.25) is 0 Å². The first-order valence-electron chi connectivity index (χ1n) is 7.40. The van der Waals surface area contributed by atoms with Crippen molar-refractivity contribution in [2.75, 3.05) is 18.5 Å². The van der Waals surface area contributed by atoms with E-state index in [1.807, 2.05) is 18.4 Å². The molecule has 2 heterocycles. The minimum atomic E-state index is 0.139. The van der Waals surface area contributed by atoms with Crippen LogP contribution in [0.15, 0.2) is 0 Å². The van der Waals surface area contributed by atoms with Gasteiger partial charge in [0.05, 0.1) is 5.69 Å². The van der Waals surface area contributed by atoms with E-state index in [9.17, 15) is 0 Å². The zero-order valence-corrected chi connectivity index (χ0v) is 13.3. The van der Waals surface area contributed by atoms with Gasteiger partial charge in [-0.25, -0.2) is 4.98 Å². The van der Waals surface area contributed by atoms with Crippen molar-refractivity contribution in [2.45, 2.75) is 58.0 Å². The highest BCUT2D eigenvalue weighted by molar-refractivity contribution is 7.15. The predicted molar refractivity (Wildman–Crippen MR) is 82.1 cm³/mol. The van der Waals surface area contributed by atoms with Crippen LogP contribution in [0.2, 0.25) is 0 Å². The minimum Gasteiger partial charge on any atom is -0.345 e. The summed E-state index contributed by atoms with van der Waals surface area (Å²) < 4.78 is 0. The molecular formula is C15H25N3S. The van der Waals surface area contributed by atoms with E-state index in [1.165, 1.54) is 41.5 Å². The maximum Gasteiger partial charge on any atom is 0.186 e. The van der Waals surface area contributed by atoms with Crippen LogP contribution >= 0.6 is 11.3 Å². The van der Waals surface area contributed by atoms with Crippen LogP contribution in [0.3, 0.4) is 0 Å². The first kappa shape index (κ1) is 13.4. The highest BCUT2D eigenvalue weighted by Gasteiger charge is 2.39. The number of piperidine rings is 1. The Labute approximate surface area is 120 Å². The maximum absolute atomic E-state index is 5.01. The van der Waals surface area contributed by atoms with Gasteiger partial charge >= 0.3 is 0 Å². The van der Waals surface area contributed by atoms with Gasteiger partial charge in [0, 0.05) is 29.4 Å². The van der Waals surface area contributed by atoms with Crippen LogP contribution in [-0.4, -0.2) is 24.6 Å². The summed E-state index contributed by atoms with van der Waals surface area (Å²) in [5.41, 5.74) is 1.42. The molecule has 2 fully saturated rings. The van der Waals surface area contributed by atoms with Crippen LogP contribution in [0.5, 0.6) is 0 Å². The predicted octanol–water partition coefficient (Wildman–Crippen LogP) is 3.15. The van der Waals surface area contributed by atoms with E-state index >= 15 is 0 Å². The van der Waals surface area contributed by atoms with Gasteiger partial charge in [0.1, 0.15) is 0 Å². The Morgan fingerprint density at radius 2 is 2.16 bits per heavy atom. The second kappa shape index (κ2) is 4.74. The molecule has 1 aromatic rings. The molecule has 1 saturated heterocycles. The molecule has 0 amide bonds. The Bertz CT molecular complexity index is 460. The number of thiazole rings is 1. The third-order valence-corrected chi connectivity index (χ3v) is 5.48. The first-order valence-corrected chi connectivity index (χ1v) is 8.22. The first-order chi connectivity index (χ1) is 8.99. The molecule has 1 aliphatic carbocycles. The number of hydrogen-bond donors (Lipinski definition) is 1. The Kier molecular flexibility index (Phi) is 3.34. The van der Waals surface area contributed by atoms with Crippen LogP contribution in [0, 0.1) is 5.92 Å². The molecule has 2 aliphatic rings. The lowest BCUT2D eigenvalue weighted by Crippen LogP contribution is -2.31. The number of aromatic nitrogens is 1. The number of rotatable bonds is 3. The standard InChI is InChI=1S/C15H25N3S/c1-15(2,3)13-12(8-16-4)19-14(17-13)18-9-10-5-6-11(18)7-10/h10-11,16H,5-9H2,1-4H3. The summed E-state index contributed by atoms with van der Waals surface area (Å²) in [5.74, 6) is 0.930. The number of fused-ring (bicyclic) bond motifs is 2. The second-order valence-corrected chi connectivity index (χ2v) is 8.10. The SMILES string of the molecule is CNCc1sc(N2CC3CCC2C3)nc1C(C)(C)C. The van der Waals surface area contributed by atoms with E-state index in [1.54, 1.807) is 0 Å². The van der Waals surface area contributed by atoms with Crippen LogP contribution in [-0.2, 0) is 12.0 Å². The molecule has 1 N–H and O–H groups in total. The van der Waals surface area contributed by atoms with Gasteiger partial charge in [0.15, 0.2) is 5.13 Å². The molecule has 1 aromatic heterocycles. The third kappa shape index (κ3) is 2.40. The molecule has 106 valence electrons. The summed E-state index contributed by atoms with van der Waals surface area (Å²) >= 11 is 1.90. The van der Waals surface area contributed by atoms with Crippen molar-refractivity contribution in [1.82, 2.24) is 10.3 Å². The molecule has 3 rings (SSSR count). The molecule has 2 bridgehead atoms. The number of nitrogens with zero attached hydrogens (tertiary/aromatic N) is 2. The van der Waals surface area contributed by atoms with Crippen molar-refractivity contribution in [1.29, 1.82) is 0 Å². The van der Waals surface area contributed by atoms with Gasteiger partial charge in [-0.2, -0.15) is 0 Å². The maximum atomic E-state index is 5.01. The largest absolute Gasteiger partial charge is 0.345 e. The molecule has 19 heavy (non-hydrogen) atoms. The molecule has 1 aliphatic heterocycles. The molecule has 1 saturated carbocycles. The molecule has 3 nitrogen and oxygen atoms in total. The van der Waals surface area contributed by atoms with Crippen LogP contribution in [0.25, 0.3) is 0 Å². The second-order valence-electron chi connectivity index (χ2n) is 7.03. The number of nitrogens with one attached hydrogen (secondary N) is 1. The molecule has 2 atom stereocenters. The number of anilines is 1.